The first-order chi connectivity index (χ1) is 21.7. The van der Waals surface area contributed by atoms with Crippen molar-refractivity contribution in [2.45, 2.75) is 53.0 Å². The van der Waals surface area contributed by atoms with Crippen LogP contribution in [0.5, 0.6) is 17.2 Å². The molecule has 1 amide bonds. The zero-order chi connectivity index (χ0) is 32.5. The summed E-state index contributed by atoms with van der Waals surface area (Å²) in [7, 11) is 0. The van der Waals surface area contributed by atoms with E-state index >= 15 is 0 Å². The number of carbonyl (C=O) groups excluding carboxylic acids is 3. The van der Waals surface area contributed by atoms with E-state index in [1.54, 1.807) is 49.4 Å². The molecule has 4 rings (SSSR count). The maximum absolute atomic E-state index is 13.7. The normalized spacial score (nSPS) is 15.6. The molecule has 1 atom stereocenters. The zero-order valence-electron chi connectivity index (χ0n) is 26.0. The van der Waals surface area contributed by atoms with Crippen molar-refractivity contribution in [3.05, 3.63) is 82.4 Å². The maximum Gasteiger partial charge on any atom is 0.350 e. The lowest BCUT2D eigenvalue weighted by atomic mass is 9.95. The predicted molar refractivity (Wildman–Crippen MR) is 172 cm³/mol. The molecular weight excluding hydrogens is 596 g/mol. The first kappa shape index (κ1) is 33.3. The van der Waals surface area contributed by atoms with Crippen molar-refractivity contribution in [1.82, 2.24) is 4.98 Å². The van der Waals surface area contributed by atoms with Crippen LogP contribution in [-0.2, 0) is 14.3 Å². The van der Waals surface area contributed by atoms with Gasteiger partial charge in [0.15, 0.2) is 16.6 Å². The molecule has 45 heavy (non-hydrogen) atoms. The fourth-order valence-electron chi connectivity index (χ4n) is 4.71. The molecule has 1 aliphatic heterocycles. The second kappa shape index (κ2) is 15.4. The van der Waals surface area contributed by atoms with E-state index in [0.717, 1.165) is 30.6 Å². The van der Waals surface area contributed by atoms with Crippen molar-refractivity contribution in [3.63, 3.8) is 0 Å². The van der Waals surface area contributed by atoms with E-state index in [4.69, 9.17) is 18.9 Å². The molecule has 11 heteroatoms. The number of ketones is 1. The van der Waals surface area contributed by atoms with Gasteiger partial charge < -0.3 is 24.1 Å². The number of unbranched alkanes of at least 4 members (excludes halogenated alkanes) is 1. The zero-order valence-corrected chi connectivity index (χ0v) is 26.8. The number of aromatic nitrogens is 1. The van der Waals surface area contributed by atoms with Gasteiger partial charge in [0.05, 0.1) is 37.1 Å². The molecule has 238 valence electrons. The summed E-state index contributed by atoms with van der Waals surface area (Å²) in [5.41, 5.74) is 1.01. The van der Waals surface area contributed by atoms with Gasteiger partial charge in [0, 0.05) is 5.56 Å². The number of hydrogen-bond acceptors (Lipinski definition) is 10. The van der Waals surface area contributed by atoms with Gasteiger partial charge in [-0.1, -0.05) is 50.3 Å². The monoisotopic (exact) mass is 634 g/mol. The van der Waals surface area contributed by atoms with Crippen LogP contribution in [0.4, 0.5) is 5.13 Å². The molecule has 1 aliphatic rings. The average Bonchev–Trinajstić information content (AvgIpc) is 3.55. The Balaban J connectivity index is 1.86. The Morgan fingerprint density at radius 1 is 1.02 bits per heavy atom. The van der Waals surface area contributed by atoms with Crippen LogP contribution in [0.3, 0.4) is 0 Å². The van der Waals surface area contributed by atoms with Crippen molar-refractivity contribution < 1.29 is 38.4 Å². The number of aryl methyl sites for hydroxylation is 1. The predicted octanol–water partition coefficient (Wildman–Crippen LogP) is 6.79. The lowest BCUT2D eigenvalue weighted by molar-refractivity contribution is -0.132. The average molecular weight is 635 g/mol. The third-order valence-corrected chi connectivity index (χ3v) is 8.03. The molecular formula is C34H38N2O8S. The summed E-state index contributed by atoms with van der Waals surface area (Å²) < 4.78 is 22.7. The number of hydrogen-bond donors (Lipinski definition) is 1. The van der Waals surface area contributed by atoms with Crippen LogP contribution in [-0.4, -0.2) is 54.2 Å². The third kappa shape index (κ3) is 7.37. The lowest BCUT2D eigenvalue weighted by Gasteiger charge is -2.24. The molecule has 0 aliphatic carbocycles. The summed E-state index contributed by atoms with van der Waals surface area (Å²) in [4.78, 5) is 46.0. The summed E-state index contributed by atoms with van der Waals surface area (Å²) in [6, 6.07) is 10.7. The minimum absolute atomic E-state index is 0.00514. The molecule has 1 fully saturated rings. The molecule has 1 aromatic heterocycles. The first-order valence-corrected chi connectivity index (χ1v) is 15.8. The van der Waals surface area contributed by atoms with Crippen molar-refractivity contribution in [2.75, 3.05) is 31.3 Å². The topological polar surface area (TPSA) is 124 Å². The van der Waals surface area contributed by atoms with Crippen LogP contribution in [0.1, 0.15) is 72.6 Å². The number of nitrogens with zero attached hydrogens (tertiary/aromatic N) is 2. The van der Waals surface area contributed by atoms with E-state index in [1.807, 2.05) is 13.8 Å². The van der Waals surface area contributed by atoms with E-state index in [2.05, 4.69) is 18.5 Å². The smallest absolute Gasteiger partial charge is 0.350 e. The first-order valence-electron chi connectivity index (χ1n) is 14.9. The van der Waals surface area contributed by atoms with Crippen LogP contribution in [0.15, 0.2) is 60.7 Å². The van der Waals surface area contributed by atoms with E-state index in [1.165, 1.54) is 11.0 Å². The number of amides is 1. The van der Waals surface area contributed by atoms with Crippen molar-refractivity contribution in [1.29, 1.82) is 0 Å². The summed E-state index contributed by atoms with van der Waals surface area (Å²) in [6.45, 7) is 12.5. The summed E-state index contributed by atoms with van der Waals surface area (Å²) in [5.74, 6) is -1.22. The highest BCUT2D eigenvalue weighted by Gasteiger charge is 2.48. The largest absolute Gasteiger partial charge is 0.507 e. The SMILES string of the molecule is C=CCOC(=O)c1sc(N2C(=O)C(=O)/C(=C(/O)c3ccc(OCCC)cc3)C2c2ccc(OCCCC)c(OCC)c2)nc1C. The molecule has 2 aromatic carbocycles. The van der Waals surface area contributed by atoms with Crippen molar-refractivity contribution >= 4 is 39.9 Å². The third-order valence-electron chi connectivity index (χ3n) is 6.89. The van der Waals surface area contributed by atoms with Crippen LogP contribution in [0.25, 0.3) is 5.76 Å². The Kier molecular flexibility index (Phi) is 11.4. The van der Waals surface area contributed by atoms with Crippen LogP contribution >= 0.6 is 11.3 Å². The Morgan fingerprint density at radius 3 is 2.44 bits per heavy atom. The van der Waals surface area contributed by atoms with Gasteiger partial charge >= 0.3 is 11.9 Å². The standard InChI is InChI=1S/C34H38N2O8S/c1-6-10-19-43-25-16-13-23(20-26(25)41-9-4)28-27(29(37)22-11-14-24(15-12-22)42-17-7-2)30(38)32(39)36(28)34-35-21(5)31(45-34)33(40)44-18-8-3/h8,11-16,20,28,37H,3,6-7,9-10,17-19H2,1-2,4-5H3/b29-27+. The Morgan fingerprint density at radius 2 is 1.78 bits per heavy atom. The highest BCUT2D eigenvalue weighted by atomic mass is 32.1. The molecule has 1 saturated heterocycles. The molecule has 0 bridgehead atoms. The quantitative estimate of drug-likeness (QED) is 0.0481. The number of ether oxygens (including phenoxy) is 4. The summed E-state index contributed by atoms with van der Waals surface area (Å²) >= 11 is 0.926. The molecule has 0 radical (unpaired) electrons. The number of carbonyl (C=O) groups is 3. The number of aliphatic hydroxyl groups is 1. The minimum Gasteiger partial charge on any atom is -0.507 e. The Bertz CT molecular complexity index is 1580. The summed E-state index contributed by atoms with van der Waals surface area (Å²) in [6.07, 6.45) is 4.10. The lowest BCUT2D eigenvalue weighted by Crippen LogP contribution is -2.29. The van der Waals surface area contributed by atoms with Gasteiger partial charge in [0.1, 0.15) is 23.0 Å². The van der Waals surface area contributed by atoms with E-state index in [0.29, 0.717) is 53.9 Å². The Hall–Kier alpha value is -4.64. The van der Waals surface area contributed by atoms with Gasteiger partial charge in [-0.15, -0.1) is 0 Å². The minimum atomic E-state index is -1.09. The number of rotatable bonds is 15. The molecule has 3 aromatic rings. The molecule has 1 unspecified atom stereocenters. The molecule has 0 saturated carbocycles. The van der Waals surface area contributed by atoms with E-state index < -0.39 is 23.7 Å². The molecule has 1 N–H and O–H groups in total. The van der Waals surface area contributed by atoms with Crippen LogP contribution in [0.2, 0.25) is 0 Å². The van der Waals surface area contributed by atoms with Crippen LogP contribution in [0, 0.1) is 6.92 Å². The molecule has 10 nitrogen and oxygen atoms in total. The molecule has 2 heterocycles. The number of anilines is 1. The maximum atomic E-state index is 13.7. The van der Waals surface area contributed by atoms with Gasteiger partial charge in [0.2, 0.25) is 0 Å². The number of esters is 1. The highest BCUT2D eigenvalue weighted by Crippen LogP contribution is 2.45. The van der Waals surface area contributed by atoms with Crippen molar-refractivity contribution in [2.24, 2.45) is 0 Å². The number of benzene rings is 2. The molecule has 0 spiro atoms. The van der Waals surface area contributed by atoms with Gasteiger partial charge in [-0.2, -0.15) is 0 Å². The number of Topliss-reactive ketones (excluding diaryl/α,β-unsaturated/α-hetero) is 1. The van der Waals surface area contributed by atoms with Crippen molar-refractivity contribution in [3.8, 4) is 17.2 Å². The van der Waals surface area contributed by atoms with E-state index in [-0.39, 0.29) is 27.9 Å². The summed E-state index contributed by atoms with van der Waals surface area (Å²) in [5, 5.41) is 11.7. The highest BCUT2D eigenvalue weighted by molar-refractivity contribution is 7.17. The van der Waals surface area contributed by atoms with Gasteiger partial charge in [-0.25, -0.2) is 9.78 Å². The van der Waals surface area contributed by atoms with E-state index in [9.17, 15) is 19.5 Å². The second-order valence-corrected chi connectivity index (χ2v) is 11.2. The fourth-order valence-corrected chi connectivity index (χ4v) is 5.70. The van der Waals surface area contributed by atoms with Crippen LogP contribution < -0.4 is 19.1 Å². The second-order valence-electron chi connectivity index (χ2n) is 10.2. The van der Waals surface area contributed by atoms with Gasteiger partial charge in [-0.3, -0.25) is 14.5 Å². The Labute approximate surface area is 266 Å². The fraction of sp³-hybridized carbons (Fsp3) is 0.353. The number of thiazole rings is 1. The number of aliphatic hydroxyl groups excluding tert-OH is 1. The van der Waals surface area contributed by atoms with Gasteiger partial charge in [-0.05, 0) is 68.7 Å². The van der Waals surface area contributed by atoms with Gasteiger partial charge in [0.25, 0.3) is 5.78 Å².